The fourth-order valence-corrected chi connectivity index (χ4v) is 20.7. The Morgan fingerprint density at radius 2 is 0.901 bits per heavy atom. The molecule has 6 heterocycles. The number of carbonyl (C=O) groups excluding carboxylic acids is 11. The van der Waals surface area contributed by atoms with E-state index in [1.807, 2.05) is 51.5 Å². The number of amides is 1. The second kappa shape index (κ2) is 34.1. The number of hydrogen-bond acceptors (Lipinski definition) is 33. The minimum atomic E-state index is -1.84. The number of likely N-dealkylation sites (N-methyl/N-ethyl adjacent to an activating group) is 3. The van der Waals surface area contributed by atoms with Crippen LogP contribution in [0.3, 0.4) is 0 Å². The van der Waals surface area contributed by atoms with E-state index in [0.717, 1.165) is 53.8 Å². The molecule has 15 rings (SSSR count). The van der Waals surface area contributed by atoms with Gasteiger partial charge in [0.05, 0.1) is 71.8 Å². The standard InChI is InChI=1S/C30H39N3O9.C30H35NO12.C26H32N2O8/c1-16(35)4-7-20(31)27(37)32-12-9-23(36)40-17(2)28(38)41-21-8-10-30(39)22-14-18-5-6-19(15-34)25-24(18)29(30,26(21)42-25)11-13-33(22)3;1-14(24(40-16(3)34)28(38)42-20(15(2)33)12-22(35)36)27(37)41-19-7-8-30(39)21-11-17-5-6-18(13-32)25-23(17)29(30,26(19)43-25)9-10-31(21)4;1-13(30)10-17(27)24(32)34-14(2)23(31)35-18-6-7-26(33)19-11-15-4-5-16(12-29)21-20(15)25(26,22(18)36-21)8-9-28(19)3/h5-6,8,17,20,22,26,34,39H,4,7,9-15,31H2,1-3H3,(H,32,37);5-7,14,20-21,24,26,32,39H,8-13H2,1-4H3,(H,35,36);4-6,14,17,19,22,29,33H,7-12,27H2,1-3H3/t17-,20-,22+,26-,29-,30+;14-,20-,21-,24-,26+,29+,30-;14-,17-,19+,22-,25-,26+/m010/s1. The third kappa shape index (κ3) is 15.2. The molecule has 12 aliphatic rings. The van der Waals surface area contributed by atoms with E-state index in [1.165, 1.54) is 34.6 Å². The molecule has 0 aromatic heterocycles. The number of nitrogens with zero attached hydrogens (tertiary/aromatic N) is 3. The van der Waals surface area contributed by atoms with Crippen LogP contribution in [0.4, 0.5) is 0 Å². The molecule has 35 nitrogen and oxygen atoms in total. The van der Waals surface area contributed by atoms with Crippen molar-refractivity contribution in [2.45, 2.75) is 264 Å². The number of carboxylic acids is 1. The largest absolute Gasteiger partial charge is 0.481 e. The molecule has 35 heteroatoms. The summed E-state index contributed by atoms with van der Waals surface area (Å²) >= 11 is 0. The average molecular weight is 1690 g/mol. The van der Waals surface area contributed by atoms with Crippen LogP contribution in [0.15, 0.2) is 71.9 Å². The number of carboxylic acid groups (broad SMARTS) is 1. The summed E-state index contributed by atoms with van der Waals surface area (Å²) in [4.78, 5) is 153. The van der Waals surface area contributed by atoms with E-state index in [0.29, 0.717) is 85.6 Å². The van der Waals surface area contributed by atoms with Gasteiger partial charge < -0.3 is 119 Å². The molecular weight excluding hydrogens is 1580 g/mol. The van der Waals surface area contributed by atoms with E-state index in [1.54, 1.807) is 24.3 Å². The third-order valence-corrected chi connectivity index (χ3v) is 26.8. The van der Waals surface area contributed by atoms with Crippen LogP contribution in [0, 0.1) is 5.92 Å². The van der Waals surface area contributed by atoms with Gasteiger partial charge in [0.25, 0.3) is 0 Å². The molecule has 0 radical (unpaired) electrons. The second-order valence-electron chi connectivity index (χ2n) is 34.0. The van der Waals surface area contributed by atoms with Gasteiger partial charge >= 0.3 is 47.8 Å². The number of aliphatic hydroxyl groups is 6. The predicted octanol–water partition coefficient (Wildman–Crippen LogP) is 0.915. The van der Waals surface area contributed by atoms with Gasteiger partial charge in [0.1, 0.15) is 58.1 Å². The number of Topliss-reactive ketones (excluding diaryl/α,β-unsaturated/α-hetero) is 3. The maximum atomic E-state index is 13.5. The maximum Gasteiger partial charge on any atom is 0.352 e. The number of aliphatic carboxylic acids is 1. The molecule has 3 fully saturated rings. The van der Waals surface area contributed by atoms with Gasteiger partial charge in [0, 0.05) is 97.1 Å². The highest BCUT2D eigenvalue weighted by Crippen LogP contribution is 2.68. The zero-order valence-corrected chi connectivity index (χ0v) is 69.2. The van der Waals surface area contributed by atoms with Crippen molar-refractivity contribution in [1.29, 1.82) is 0 Å². The molecule has 121 heavy (non-hydrogen) atoms. The zero-order valence-electron chi connectivity index (χ0n) is 69.2. The molecule has 654 valence electrons. The number of carbonyl (C=O) groups is 12. The van der Waals surface area contributed by atoms with Crippen molar-refractivity contribution < 1.29 is 141 Å². The van der Waals surface area contributed by atoms with Crippen LogP contribution in [0.25, 0.3) is 0 Å². The van der Waals surface area contributed by atoms with Gasteiger partial charge in [-0.3, -0.25) is 38.4 Å². The molecule has 3 saturated heterocycles. The Morgan fingerprint density at radius 1 is 0.504 bits per heavy atom. The van der Waals surface area contributed by atoms with Crippen molar-refractivity contribution >= 4 is 71.0 Å². The Bertz CT molecular complexity index is 4850. The first-order valence-corrected chi connectivity index (χ1v) is 40.8. The Morgan fingerprint density at radius 3 is 1.26 bits per heavy atom. The average Bonchev–Trinajstić information content (AvgIpc) is 1.57. The normalized spacial score (nSPS) is 29.5. The molecule has 3 aromatic carbocycles. The molecule has 0 unspecified atom stereocenters. The summed E-state index contributed by atoms with van der Waals surface area (Å²) in [6.45, 7) is 10.1. The molecule has 19 atom stereocenters. The van der Waals surface area contributed by atoms with Crippen LogP contribution in [-0.2, 0) is 146 Å². The minimum absolute atomic E-state index is 0.0429. The number of esters is 7. The van der Waals surface area contributed by atoms with Crippen molar-refractivity contribution in [3.63, 3.8) is 0 Å². The number of likely N-dealkylation sites (tertiary alicyclic amines) is 3. The fraction of sp³-hybridized carbons (Fsp3) is 0.581. The summed E-state index contributed by atoms with van der Waals surface area (Å²) in [6.07, 6.45) is -0.172. The van der Waals surface area contributed by atoms with E-state index in [2.05, 4.69) is 20.0 Å². The number of aliphatic hydroxyl groups excluding tert-OH is 3. The lowest BCUT2D eigenvalue weighted by Gasteiger charge is -2.61. The van der Waals surface area contributed by atoms with E-state index in [-0.39, 0.29) is 118 Å². The molecule has 6 bridgehead atoms. The lowest BCUT2D eigenvalue weighted by Crippen LogP contribution is -2.74. The molecular formula is C86H106N6O29. The van der Waals surface area contributed by atoms with E-state index >= 15 is 0 Å². The summed E-state index contributed by atoms with van der Waals surface area (Å²) in [5.41, 5.74) is 12.6. The molecule has 3 aromatic rings. The molecule has 6 aliphatic carbocycles. The van der Waals surface area contributed by atoms with Crippen LogP contribution >= 0.6 is 0 Å². The molecule has 3 spiro atoms. The van der Waals surface area contributed by atoms with Crippen LogP contribution < -0.4 is 31.0 Å². The van der Waals surface area contributed by atoms with Crippen LogP contribution in [0.2, 0.25) is 0 Å². The summed E-state index contributed by atoms with van der Waals surface area (Å²) in [6, 6.07) is 8.79. The lowest BCUT2D eigenvalue weighted by atomic mass is 9.50. The predicted molar refractivity (Wildman–Crippen MR) is 418 cm³/mol. The van der Waals surface area contributed by atoms with Crippen molar-refractivity contribution in [1.82, 2.24) is 20.0 Å². The summed E-state index contributed by atoms with van der Waals surface area (Å²) in [5.74, 6) is -8.61. The lowest BCUT2D eigenvalue weighted by molar-refractivity contribution is -0.182. The minimum Gasteiger partial charge on any atom is -0.481 e. The number of rotatable bonds is 28. The monoisotopic (exact) mass is 1690 g/mol. The number of nitrogens with two attached hydrogens (primary N) is 2. The Balaban J connectivity index is 0.000000157. The van der Waals surface area contributed by atoms with Crippen molar-refractivity contribution in [3.8, 4) is 17.2 Å². The van der Waals surface area contributed by atoms with Gasteiger partial charge in [0.15, 0.2) is 42.4 Å². The number of ether oxygens (including phenoxy) is 10. The zero-order chi connectivity index (χ0) is 87.8. The Kier molecular flexibility index (Phi) is 25.0. The van der Waals surface area contributed by atoms with Crippen molar-refractivity contribution in [3.05, 3.63) is 122 Å². The highest BCUT2D eigenvalue weighted by atomic mass is 16.6. The quantitative estimate of drug-likeness (QED) is 0.0357. The number of piperidine rings is 3. The number of hydrogen-bond donors (Lipinski definition) is 10. The second-order valence-corrected chi connectivity index (χ2v) is 34.0. The summed E-state index contributed by atoms with van der Waals surface area (Å²) < 4.78 is 57.1. The van der Waals surface area contributed by atoms with Gasteiger partial charge in [-0.15, -0.1) is 0 Å². The van der Waals surface area contributed by atoms with E-state index < -0.39 is 160 Å². The molecule has 12 N–H and O–H groups in total. The number of nitrogens with one attached hydrogen (secondary N) is 1. The van der Waals surface area contributed by atoms with Crippen LogP contribution in [-0.4, -0.2) is 259 Å². The third-order valence-electron chi connectivity index (χ3n) is 26.8. The van der Waals surface area contributed by atoms with E-state index in [9.17, 15) is 88.2 Å². The van der Waals surface area contributed by atoms with Crippen molar-refractivity contribution in [2.24, 2.45) is 17.4 Å². The molecule has 0 saturated carbocycles. The van der Waals surface area contributed by atoms with Gasteiger partial charge in [0.2, 0.25) is 12.0 Å². The Hall–Kier alpha value is -9.92. The van der Waals surface area contributed by atoms with Gasteiger partial charge in [-0.1, -0.05) is 36.4 Å². The van der Waals surface area contributed by atoms with Crippen molar-refractivity contribution in [2.75, 3.05) is 47.3 Å². The van der Waals surface area contributed by atoms with Gasteiger partial charge in [-0.05, 0) is 162 Å². The Labute approximate surface area is 696 Å². The number of ketones is 3. The van der Waals surface area contributed by atoms with Gasteiger partial charge in [-0.25, -0.2) is 14.4 Å². The summed E-state index contributed by atoms with van der Waals surface area (Å²) in [5, 5.41) is 78.4. The van der Waals surface area contributed by atoms with Crippen LogP contribution in [0.5, 0.6) is 17.2 Å². The molecule has 1 amide bonds. The SMILES string of the molecule is CC(=O)CC[C@H](N)C(=O)NCCC(=O)O[C@@H](C)C(=O)OC1=CC[C@@]2(O)[C@H]3Cc4ccc(CO)c5c4[C@@]2(CCN3C)[C@H]1O5.CC(=O)C[C@H](N)C(=O)O[C@@H](C)C(=O)OC1=CC[C@@]2(O)[C@H]3Cc4ccc(CO)c5c4[C@@]2(CCN3C)[C@H]1O5.CC(=O)O[C@@H](C(=O)O[C@H](CC(=O)O)C(C)=O)[C@@H](C)C(=O)OC1=CC[C@@]2(O)[C@H]3Cc4ccc(CO)c5c4[C@@]2(CCN3C)[C@H]1O5. The highest BCUT2D eigenvalue weighted by molar-refractivity contribution is 5.91. The van der Waals surface area contributed by atoms with Crippen LogP contribution in [0.1, 0.15) is 169 Å². The molecule has 6 aliphatic heterocycles. The first-order chi connectivity index (χ1) is 57.2. The summed E-state index contributed by atoms with van der Waals surface area (Å²) in [7, 11) is 5.95. The topological polar surface area (TPSA) is 513 Å². The fourth-order valence-electron chi connectivity index (χ4n) is 20.7. The van der Waals surface area contributed by atoms with E-state index in [4.69, 9.17) is 63.9 Å². The smallest absolute Gasteiger partial charge is 0.352 e. The first-order valence-electron chi connectivity index (χ1n) is 40.8. The first kappa shape index (κ1) is 88.9. The van der Waals surface area contributed by atoms with Gasteiger partial charge in [-0.2, -0.15) is 0 Å². The number of benzene rings is 3. The maximum absolute atomic E-state index is 13.5. The highest BCUT2D eigenvalue weighted by Gasteiger charge is 2.75.